The summed E-state index contributed by atoms with van der Waals surface area (Å²) < 4.78 is 0. The highest BCUT2D eigenvalue weighted by atomic mass is 16.8. The molecule has 0 aromatic heterocycles. The Balaban J connectivity index is 3.00. The zero-order chi connectivity index (χ0) is 11.9. The van der Waals surface area contributed by atoms with Gasteiger partial charge in [-0.3, -0.25) is 19.8 Å². The van der Waals surface area contributed by atoms with E-state index in [1.807, 2.05) is 0 Å². The third-order valence-corrected chi connectivity index (χ3v) is 1.96. The third-order valence-electron chi connectivity index (χ3n) is 1.96. The summed E-state index contributed by atoms with van der Waals surface area (Å²) in [6.45, 7) is 1.12. The van der Waals surface area contributed by atoms with E-state index < -0.39 is 27.5 Å². The molecule has 16 heavy (non-hydrogen) atoms. The largest absolute Gasteiger partial charge is 0.295 e. The fourth-order valence-electron chi connectivity index (χ4n) is 1.28. The van der Waals surface area contributed by atoms with E-state index >= 15 is 0 Å². The standard InChI is InChI=1S/C8H6N4O4/c1-2(13)10-4-3(9)7(14)5-6(8(4)15)12-16-11-5/h9,11-12H,1H3. The first-order valence-electron chi connectivity index (χ1n) is 4.22. The Bertz CT molecular complexity index is 684. The summed E-state index contributed by atoms with van der Waals surface area (Å²) >= 11 is 0. The van der Waals surface area contributed by atoms with Gasteiger partial charge in [0, 0.05) is 6.92 Å². The molecule has 1 aliphatic rings. The fourth-order valence-corrected chi connectivity index (χ4v) is 1.28. The molecule has 0 atom stereocenters. The van der Waals surface area contributed by atoms with Crippen LogP contribution in [0.3, 0.4) is 0 Å². The van der Waals surface area contributed by atoms with Crippen LogP contribution in [-0.2, 0) is 9.73 Å². The SMILES string of the molecule is CC(=O)N=c1c(=O)c2c(c(=O)c1=N)NON2. The molecule has 2 rings (SSSR count). The Morgan fingerprint density at radius 2 is 1.81 bits per heavy atom. The van der Waals surface area contributed by atoms with Gasteiger partial charge in [-0.1, -0.05) is 0 Å². The number of fused-ring (bicyclic) bond motifs is 1. The zero-order valence-corrected chi connectivity index (χ0v) is 8.08. The van der Waals surface area contributed by atoms with Crippen LogP contribution in [-0.4, -0.2) is 5.91 Å². The third kappa shape index (κ3) is 1.32. The fraction of sp³-hybridized carbons (Fsp3) is 0.125. The first-order valence-corrected chi connectivity index (χ1v) is 4.22. The topological polar surface area (TPSA) is 121 Å². The number of carbonyl (C=O) groups is 1. The second kappa shape index (κ2) is 3.35. The Morgan fingerprint density at radius 1 is 1.25 bits per heavy atom. The minimum Gasteiger partial charge on any atom is -0.295 e. The molecule has 82 valence electrons. The van der Waals surface area contributed by atoms with Crippen molar-refractivity contribution in [2.24, 2.45) is 4.99 Å². The van der Waals surface area contributed by atoms with Crippen LogP contribution in [0.1, 0.15) is 6.92 Å². The smallest absolute Gasteiger partial charge is 0.243 e. The molecule has 1 heterocycles. The van der Waals surface area contributed by atoms with Crippen LogP contribution in [0.2, 0.25) is 0 Å². The highest BCUT2D eigenvalue weighted by Crippen LogP contribution is 2.14. The van der Waals surface area contributed by atoms with Crippen molar-refractivity contribution in [3.05, 3.63) is 31.2 Å². The summed E-state index contributed by atoms with van der Waals surface area (Å²) in [6, 6.07) is 0. The Morgan fingerprint density at radius 3 is 2.38 bits per heavy atom. The van der Waals surface area contributed by atoms with E-state index in [2.05, 4.69) is 20.9 Å². The lowest BCUT2D eigenvalue weighted by molar-refractivity contribution is -0.116. The first-order chi connectivity index (χ1) is 7.52. The van der Waals surface area contributed by atoms with Gasteiger partial charge >= 0.3 is 0 Å². The first kappa shape index (κ1) is 10.2. The Hall–Kier alpha value is -2.35. The van der Waals surface area contributed by atoms with Gasteiger partial charge in [0.25, 0.3) is 0 Å². The van der Waals surface area contributed by atoms with Gasteiger partial charge < -0.3 is 0 Å². The van der Waals surface area contributed by atoms with Crippen molar-refractivity contribution < 1.29 is 9.73 Å². The normalized spacial score (nSPS) is 14.2. The van der Waals surface area contributed by atoms with Crippen molar-refractivity contribution in [3.8, 4) is 0 Å². The molecule has 0 saturated heterocycles. The average Bonchev–Trinajstić information content (AvgIpc) is 2.70. The van der Waals surface area contributed by atoms with E-state index in [1.54, 1.807) is 0 Å². The van der Waals surface area contributed by atoms with Crippen LogP contribution < -0.4 is 32.5 Å². The lowest BCUT2D eigenvalue weighted by Gasteiger charge is -1.91. The number of hydrogen-bond donors (Lipinski definition) is 3. The molecule has 1 aliphatic heterocycles. The van der Waals surface area contributed by atoms with Crippen molar-refractivity contribution in [1.29, 1.82) is 5.41 Å². The summed E-state index contributed by atoms with van der Waals surface area (Å²) in [7, 11) is 0. The molecule has 0 aliphatic carbocycles. The van der Waals surface area contributed by atoms with Gasteiger partial charge in [-0.15, -0.1) is 0 Å². The van der Waals surface area contributed by atoms with Gasteiger partial charge in [-0.2, -0.15) is 4.94 Å². The second-order valence-corrected chi connectivity index (χ2v) is 3.07. The summed E-state index contributed by atoms with van der Waals surface area (Å²) in [4.78, 5) is 41.8. The van der Waals surface area contributed by atoms with Gasteiger partial charge in [0.15, 0.2) is 0 Å². The van der Waals surface area contributed by atoms with Gasteiger partial charge in [-0.25, -0.2) is 16.0 Å². The quantitative estimate of drug-likeness (QED) is 0.462. The van der Waals surface area contributed by atoms with E-state index in [4.69, 9.17) is 5.41 Å². The van der Waals surface area contributed by atoms with E-state index in [0.29, 0.717) is 0 Å². The molecule has 0 fully saturated rings. The maximum Gasteiger partial charge on any atom is 0.243 e. The lowest BCUT2D eigenvalue weighted by Crippen LogP contribution is -2.48. The molecule has 0 spiro atoms. The molecule has 8 heteroatoms. The van der Waals surface area contributed by atoms with Crippen LogP contribution in [0.5, 0.6) is 0 Å². The number of hydrogen-bond acceptors (Lipinski definition) is 7. The van der Waals surface area contributed by atoms with Gasteiger partial charge in [-0.05, 0) is 0 Å². The molecule has 1 aromatic carbocycles. The zero-order valence-electron chi connectivity index (χ0n) is 8.08. The van der Waals surface area contributed by atoms with E-state index in [-0.39, 0.29) is 11.4 Å². The number of nitrogens with zero attached hydrogens (tertiary/aromatic N) is 1. The molecule has 0 bridgehead atoms. The van der Waals surface area contributed by atoms with Crippen molar-refractivity contribution in [3.63, 3.8) is 0 Å². The highest BCUT2D eigenvalue weighted by Gasteiger charge is 2.21. The second-order valence-electron chi connectivity index (χ2n) is 3.07. The highest BCUT2D eigenvalue weighted by molar-refractivity contribution is 5.74. The molecule has 8 nitrogen and oxygen atoms in total. The summed E-state index contributed by atoms with van der Waals surface area (Å²) in [6.07, 6.45) is 0. The Labute approximate surface area is 87.3 Å². The Kier molecular flexibility index (Phi) is 2.13. The summed E-state index contributed by atoms with van der Waals surface area (Å²) in [5, 5.41) is 6.31. The number of rotatable bonds is 0. The lowest BCUT2D eigenvalue weighted by atomic mass is 10.2. The van der Waals surface area contributed by atoms with Crippen molar-refractivity contribution in [1.82, 2.24) is 0 Å². The number of amides is 1. The van der Waals surface area contributed by atoms with Crippen molar-refractivity contribution in [2.75, 3.05) is 11.0 Å². The van der Waals surface area contributed by atoms with Crippen LogP contribution in [0.15, 0.2) is 14.6 Å². The number of nitrogens with one attached hydrogen (secondary N) is 3. The monoisotopic (exact) mass is 222 g/mol. The summed E-state index contributed by atoms with van der Waals surface area (Å²) in [5.41, 5.74) is 2.58. The van der Waals surface area contributed by atoms with Gasteiger partial charge in [0.1, 0.15) is 22.1 Å². The number of carbonyl (C=O) groups excluding carboxylic acids is 1. The number of anilines is 2. The van der Waals surface area contributed by atoms with Crippen LogP contribution in [0, 0.1) is 5.41 Å². The van der Waals surface area contributed by atoms with Crippen molar-refractivity contribution in [2.45, 2.75) is 6.92 Å². The molecule has 0 saturated carbocycles. The number of benzene rings is 1. The molecule has 1 amide bonds. The minimum absolute atomic E-state index is 0.138. The van der Waals surface area contributed by atoms with E-state index in [1.165, 1.54) is 0 Å². The minimum atomic E-state index is -0.750. The predicted octanol–water partition coefficient (Wildman–Crippen LogP) is -2.11. The van der Waals surface area contributed by atoms with Gasteiger partial charge in [0.05, 0.1) is 0 Å². The van der Waals surface area contributed by atoms with Gasteiger partial charge in [0.2, 0.25) is 16.8 Å². The molecule has 1 aromatic rings. The van der Waals surface area contributed by atoms with E-state index in [0.717, 1.165) is 6.92 Å². The summed E-state index contributed by atoms with van der Waals surface area (Å²) in [5.74, 6) is -0.656. The molecule has 0 unspecified atom stereocenters. The van der Waals surface area contributed by atoms with Crippen molar-refractivity contribution >= 4 is 17.3 Å². The van der Waals surface area contributed by atoms with Crippen LogP contribution >= 0.6 is 0 Å². The molecule has 3 N–H and O–H groups in total. The van der Waals surface area contributed by atoms with Crippen LogP contribution in [0.4, 0.5) is 11.4 Å². The maximum absolute atomic E-state index is 11.7. The average molecular weight is 222 g/mol. The van der Waals surface area contributed by atoms with E-state index in [9.17, 15) is 14.4 Å². The molecular formula is C8H6N4O4. The predicted molar refractivity (Wildman–Crippen MR) is 51.8 cm³/mol. The molecule has 0 radical (unpaired) electrons. The molecular weight excluding hydrogens is 216 g/mol. The maximum atomic E-state index is 11.7. The van der Waals surface area contributed by atoms with Crippen LogP contribution in [0.25, 0.3) is 0 Å².